The SMILES string of the molecule is CCN(CC1CCN(C(=O)c2c[nH]c3ccc(NS(C)(=O)=O)cc23)CC1)c1ncccc1NC(C)(C)C. The monoisotopic (exact) mass is 526 g/mol. The molecule has 4 rings (SSSR count). The highest BCUT2D eigenvalue weighted by Crippen LogP contribution is 2.30. The van der Waals surface area contributed by atoms with Gasteiger partial charge in [0.15, 0.2) is 5.82 Å². The molecule has 1 aromatic carbocycles. The number of benzene rings is 1. The van der Waals surface area contributed by atoms with Crippen LogP contribution < -0.4 is 14.9 Å². The van der Waals surface area contributed by atoms with Crippen LogP contribution in [0.5, 0.6) is 0 Å². The quantitative estimate of drug-likeness (QED) is 0.398. The van der Waals surface area contributed by atoms with E-state index in [0.29, 0.717) is 35.6 Å². The number of rotatable bonds is 8. The highest BCUT2D eigenvalue weighted by Gasteiger charge is 2.27. The Balaban J connectivity index is 1.42. The lowest BCUT2D eigenvalue weighted by molar-refractivity contribution is 0.0695. The van der Waals surface area contributed by atoms with Gasteiger partial charge >= 0.3 is 0 Å². The lowest BCUT2D eigenvalue weighted by Crippen LogP contribution is -2.42. The van der Waals surface area contributed by atoms with Crippen LogP contribution in [0.2, 0.25) is 0 Å². The largest absolute Gasteiger partial charge is 0.377 e. The molecule has 200 valence electrons. The molecule has 3 heterocycles. The summed E-state index contributed by atoms with van der Waals surface area (Å²) in [6.07, 6.45) is 6.50. The highest BCUT2D eigenvalue weighted by atomic mass is 32.2. The minimum absolute atomic E-state index is 0.0325. The van der Waals surface area contributed by atoms with E-state index >= 15 is 0 Å². The predicted molar refractivity (Wildman–Crippen MR) is 151 cm³/mol. The summed E-state index contributed by atoms with van der Waals surface area (Å²) in [6.45, 7) is 11.7. The van der Waals surface area contributed by atoms with Crippen molar-refractivity contribution >= 4 is 44.0 Å². The third-order valence-corrected chi connectivity index (χ3v) is 7.18. The van der Waals surface area contributed by atoms with Crippen molar-refractivity contribution in [1.82, 2.24) is 14.9 Å². The summed E-state index contributed by atoms with van der Waals surface area (Å²) < 4.78 is 25.8. The fourth-order valence-corrected chi connectivity index (χ4v) is 5.45. The Bertz CT molecular complexity index is 1350. The number of amides is 1. The molecule has 3 N–H and O–H groups in total. The molecular weight excluding hydrogens is 488 g/mol. The van der Waals surface area contributed by atoms with E-state index in [-0.39, 0.29) is 11.4 Å². The van der Waals surface area contributed by atoms with Gasteiger partial charge in [-0.2, -0.15) is 0 Å². The summed E-state index contributed by atoms with van der Waals surface area (Å²) in [5, 5.41) is 4.29. The van der Waals surface area contributed by atoms with Crippen LogP contribution in [0.3, 0.4) is 0 Å². The molecular formula is C27H38N6O3S. The van der Waals surface area contributed by atoms with Crippen molar-refractivity contribution in [3.63, 3.8) is 0 Å². The van der Waals surface area contributed by atoms with Gasteiger partial charge in [-0.25, -0.2) is 13.4 Å². The summed E-state index contributed by atoms with van der Waals surface area (Å²) in [6, 6.07) is 9.22. The van der Waals surface area contributed by atoms with E-state index < -0.39 is 10.0 Å². The Labute approximate surface area is 219 Å². The topological polar surface area (TPSA) is 110 Å². The number of likely N-dealkylation sites (tertiary alicyclic amines) is 1. The van der Waals surface area contributed by atoms with Crippen LogP contribution in [0.25, 0.3) is 10.9 Å². The summed E-state index contributed by atoms with van der Waals surface area (Å²) in [7, 11) is -3.40. The van der Waals surface area contributed by atoms with E-state index in [1.807, 2.05) is 17.2 Å². The number of hydrogen-bond acceptors (Lipinski definition) is 6. The number of carbonyl (C=O) groups excluding carboxylic acids is 1. The normalized spacial score (nSPS) is 15.1. The molecule has 3 aromatic rings. The Hall–Kier alpha value is -3.27. The second-order valence-electron chi connectivity index (χ2n) is 10.9. The van der Waals surface area contributed by atoms with Gasteiger partial charge in [0.25, 0.3) is 5.91 Å². The number of sulfonamides is 1. The van der Waals surface area contributed by atoms with Crippen LogP contribution in [0.4, 0.5) is 17.2 Å². The van der Waals surface area contributed by atoms with Crippen LogP contribution >= 0.6 is 0 Å². The molecule has 1 aliphatic rings. The van der Waals surface area contributed by atoms with Gasteiger partial charge in [0.05, 0.1) is 17.5 Å². The third-order valence-electron chi connectivity index (χ3n) is 6.57. The molecule has 0 saturated carbocycles. The van der Waals surface area contributed by atoms with E-state index in [9.17, 15) is 13.2 Å². The Morgan fingerprint density at radius 1 is 1.22 bits per heavy atom. The van der Waals surface area contributed by atoms with Crippen LogP contribution in [-0.4, -0.2) is 67.2 Å². The molecule has 1 fully saturated rings. The number of fused-ring (bicyclic) bond motifs is 1. The zero-order valence-electron chi connectivity index (χ0n) is 22.3. The van der Waals surface area contributed by atoms with Gasteiger partial charge < -0.3 is 20.1 Å². The van der Waals surface area contributed by atoms with E-state index in [1.54, 1.807) is 24.4 Å². The van der Waals surface area contributed by atoms with Crippen molar-refractivity contribution in [2.24, 2.45) is 5.92 Å². The molecule has 1 saturated heterocycles. The van der Waals surface area contributed by atoms with Crippen LogP contribution in [0, 0.1) is 5.92 Å². The summed E-state index contributed by atoms with van der Waals surface area (Å²) in [4.78, 5) is 25.4. The zero-order chi connectivity index (χ0) is 26.8. The molecule has 10 heteroatoms. The number of H-pyrrole nitrogens is 1. The average Bonchev–Trinajstić information content (AvgIpc) is 3.24. The number of anilines is 3. The molecule has 37 heavy (non-hydrogen) atoms. The predicted octanol–water partition coefficient (Wildman–Crippen LogP) is 4.52. The number of carbonyl (C=O) groups is 1. The van der Waals surface area contributed by atoms with Crippen molar-refractivity contribution in [1.29, 1.82) is 0 Å². The molecule has 0 spiro atoms. The van der Waals surface area contributed by atoms with Crippen LogP contribution in [0.1, 0.15) is 50.9 Å². The minimum atomic E-state index is -3.40. The second-order valence-corrected chi connectivity index (χ2v) is 12.6. The smallest absolute Gasteiger partial charge is 0.256 e. The van der Waals surface area contributed by atoms with Gasteiger partial charge in [-0.1, -0.05) is 0 Å². The van der Waals surface area contributed by atoms with E-state index in [2.05, 4.69) is 58.7 Å². The first kappa shape index (κ1) is 26.8. The molecule has 0 aliphatic carbocycles. The van der Waals surface area contributed by atoms with Gasteiger partial charge in [0.1, 0.15) is 0 Å². The molecule has 0 unspecified atom stereocenters. The first-order valence-corrected chi connectivity index (χ1v) is 14.7. The van der Waals surface area contributed by atoms with Gasteiger partial charge in [0, 0.05) is 60.7 Å². The molecule has 0 bridgehead atoms. The highest BCUT2D eigenvalue weighted by molar-refractivity contribution is 7.92. The first-order valence-electron chi connectivity index (χ1n) is 12.8. The number of aromatic amines is 1. The van der Waals surface area contributed by atoms with Crippen molar-refractivity contribution in [3.8, 4) is 0 Å². The lowest BCUT2D eigenvalue weighted by Gasteiger charge is -2.36. The van der Waals surface area contributed by atoms with Crippen molar-refractivity contribution in [2.75, 3.05) is 47.4 Å². The number of hydrogen-bond donors (Lipinski definition) is 3. The Kier molecular flexibility index (Phi) is 7.68. The molecule has 1 amide bonds. The molecule has 0 atom stereocenters. The van der Waals surface area contributed by atoms with E-state index in [0.717, 1.165) is 49.2 Å². The van der Waals surface area contributed by atoms with Crippen molar-refractivity contribution < 1.29 is 13.2 Å². The molecule has 9 nitrogen and oxygen atoms in total. The minimum Gasteiger partial charge on any atom is -0.377 e. The standard InChI is InChI=1S/C27H38N6O3S/c1-6-32(25-24(8-7-13-28-25)30-27(2,3)4)18-19-11-14-33(15-12-19)26(34)22-17-29-23-10-9-20(16-21(22)23)31-37(5,35)36/h7-10,13,16-17,19,29-31H,6,11-12,14-15,18H2,1-5H3. The number of aromatic nitrogens is 2. The molecule has 1 aliphatic heterocycles. The summed E-state index contributed by atoms with van der Waals surface area (Å²) >= 11 is 0. The third kappa shape index (κ3) is 6.74. The van der Waals surface area contributed by atoms with E-state index in [1.165, 1.54) is 0 Å². The molecule has 0 radical (unpaired) electrons. The Morgan fingerprint density at radius 2 is 1.95 bits per heavy atom. The van der Waals surface area contributed by atoms with Crippen molar-refractivity contribution in [3.05, 3.63) is 48.3 Å². The Morgan fingerprint density at radius 3 is 2.59 bits per heavy atom. The van der Waals surface area contributed by atoms with Gasteiger partial charge in [0.2, 0.25) is 10.0 Å². The van der Waals surface area contributed by atoms with E-state index in [4.69, 9.17) is 0 Å². The van der Waals surface area contributed by atoms with Gasteiger partial charge in [-0.05, 0) is 76.8 Å². The number of pyridine rings is 1. The maximum absolute atomic E-state index is 13.4. The number of nitrogens with zero attached hydrogens (tertiary/aromatic N) is 3. The fourth-order valence-electron chi connectivity index (χ4n) is 4.89. The van der Waals surface area contributed by atoms with Crippen LogP contribution in [-0.2, 0) is 10.0 Å². The fraction of sp³-hybridized carbons (Fsp3) is 0.481. The van der Waals surface area contributed by atoms with Gasteiger partial charge in [-0.15, -0.1) is 0 Å². The maximum Gasteiger partial charge on any atom is 0.256 e. The van der Waals surface area contributed by atoms with Crippen molar-refractivity contribution in [2.45, 2.75) is 46.1 Å². The number of nitrogens with one attached hydrogen (secondary N) is 3. The maximum atomic E-state index is 13.4. The zero-order valence-corrected chi connectivity index (χ0v) is 23.2. The van der Waals surface area contributed by atoms with Gasteiger partial charge in [-0.3, -0.25) is 9.52 Å². The lowest BCUT2D eigenvalue weighted by atomic mass is 9.95. The summed E-state index contributed by atoms with van der Waals surface area (Å²) in [5.74, 6) is 1.40. The van der Waals surface area contributed by atoms with Crippen LogP contribution in [0.15, 0.2) is 42.7 Å². The average molecular weight is 527 g/mol. The number of piperidine rings is 1. The molecule has 2 aromatic heterocycles. The second kappa shape index (κ2) is 10.6. The summed E-state index contributed by atoms with van der Waals surface area (Å²) in [5.41, 5.74) is 2.77. The first-order chi connectivity index (χ1) is 17.4.